The smallest absolute Gasteiger partial charge is 0.259 e. The lowest BCUT2D eigenvalue weighted by atomic mass is 10.1. The Bertz CT molecular complexity index is 1460. The average Bonchev–Trinajstić information content (AvgIpc) is 3.52. The molecule has 0 aliphatic heterocycles. The van der Waals surface area contributed by atoms with Crippen LogP contribution in [0.5, 0.6) is 5.75 Å². The van der Waals surface area contributed by atoms with Crippen LogP contribution >= 0.6 is 0 Å². The Kier molecular flexibility index (Phi) is 6.62. The fourth-order valence-corrected chi connectivity index (χ4v) is 4.05. The number of para-hydroxylation sites is 1. The monoisotopic (exact) mass is 477 g/mol. The van der Waals surface area contributed by atoms with Crippen molar-refractivity contribution in [2.45, 2.75) is 27.0 Å². The van der Waals surface area contributed by atoms with Crippen molar-refractivity contribution in [2.24, 2.45) is 0 Å². The van der Waals surface area contributed by atoms with Crippen molar-refractivity contribution in [3.63, 3.8) is 0 Å². The van der Waals surface area contributed by atoms with Crippen LogP contribution in [0.15, 0.2) is 97.3 Å². The van der Waals surface area contributed by atoms with Crippen LogP contribution in [0.25, 0.3) is 16.9 Å². The van der Waals surface area contributed by atoms with Gasteiger partial charge in [0.05, 0.1) is 35.0 Å². The van der Waals surface area contributed by atoms with E-state index in [-0.39, 0.29) is 12.6 Å². The zero-order chi connectivity index (χ0) is 24.9. The molecule has 36 heavy (non-hydrogen) atoms. The Hall–Kier alpha value is -4.65. The molecule has 1 amide bonds. The molecule has 7 nitrogen and oxygen atoms in total. The predicted molar refractivity (Wildman–Crippen MR) is 140 cm³/mol. The van der Waals surface area contributed by atoms with E-state index in [1.807, 2.05) is 91.9 Å². The summed E-state index contributed by atoms with van der Waals surface area (Å²) in [5.74, 6) is 0.522. The van der Waals surface area contributed by atoms with Crippen molar-refractivity contribution in [3.8, 4) is 22.7 Å². The summed E-state index contributed by atoms with van der Waals surface area (Å²) in [6.45, 7) is 4.26. The van der Waals surface area contributed by atoms with Crippen molar-refractivity contribution in [2.75, 3.05) is 5.32 Å². The number of hydrogen-bond acceptors (Lipinski definition) is 4. The first-order valence-corrected chi connectivity index (χ1v) is 11.9. The minimum absolute atomic E-state index is 0.238. The van der Waals surface area contributed by atoms with E-state index in [1.54, 1.807) is 21.8 Å². The molecule has 0 bridgehead atoms. The van der Waals surface area contributed by atoms with Gasteiger partial charge in [0.15, 0.2) is 6.73 Å². The first-order chi connectivity index (χ1) is 17.6. The molecule has 0 saturated heterocycles. The third-order valence-electron chi connectivity index (χ3n) is 5.98. The Morgan fingerprint density at radius 1 is 0.944 bits per heavy atom. The van der Waals surface area contributed by atoms with E-state index in [2.05, 4.69) is 17.3 Å². The van der Waals surface area contributed by atoms with Gasteiger partial charge in [-0.25, -0.2) is 9.36 Å². The molecule has 2 aromatic heterocycles. The van der Waals surface area contributed by atoms with Crippen LogP contribution in [-0.4, -0.2) is 25.5 Å². The van der Waals surface area contributed by atoms with Crippen molar-refractivity contribution in [1.29, 1.82) is 0 Å². The maximum atomic E-state index is 13.5. The van der Waals surface area contributed by atoms with Crippen LogP contribution < -0.4 is 10.1 Å². The second kappa shape index (κ2) is 10.3. The number of hydrogen-bond donors (Lipinski definition) is 1. The van der Waals surface area contributed by atoms with Gasteiger partial charge in [-0.2, -0.15) is 10.2 Å². The van der Waals surface area contributed by atoms with Crippen molar-refractivity contribution in [1.82, 2.24) is 19.6 Å². The van der Waals surface area contributed by atoms with Crippen LogP contribution in [-0.2, 0) is 13.2 Å². The Morgan fingerprint density at radius 3 is 2.33 bits per heavy atom. The molecule has 0 radical (unpaired) electrons. The number of ether oxygens (including phenoxy) is 1. The lowest BCUT2D eigenvalue weighted by Crippen LogP contribution is -2.14. The standard InChI is InChI=1S/C29H27N5O2/c1-3-22-14-16-26(17-15-22)36-20-33-19-24(18-30-33)31-29(35)27-21(2)34(25-12-8-5-9-13-25)32-28(27)23-10-6-4-7-11-23/h4-19H,3,20H2,1-2H3,(H,31,35). The van der Waals surface area contributed by atoms with Crippen molar-refractivity contribution < 1.29 is 9.53 Å². The molecular formula is C29H27N5O2. The molecule has 180 valence electrons. The van der Waals surface area contributed by atoms with Crippen LogP contribution in [0.3, 0.4) is 0 Å². The number of anilines is 1. The number of rotatable bonds is 8. The van der Waals surface area contributed by atoms with Crippen molar-refractivity contribution in [3.05, 3.63) is 114 Å². The first-order valence-electron chi connectivity index (χ1n) is 11.9. The highest BCUT2D eigenvalue weighted by Gasteiger charge is 2.23. The van der Waals surface area contributed by atoms with Gasteiger partial charge in [-0.15, -0.1) is 0 Å². The van der Waals surface area contributed by atoms with Gasteiger partial charge in [0.25, 0.3) is 5.91 Å². The van der Waals surface area contributed by atoms with Crippen molar-refractivity contribution >= 4 is 11.6 Å². The zero-order valence-electron chi connectivity index (χ0n) is 20.3. The minimum Gasteiger partial charge on any atom is -0.471 e. The largest absolute Gasteiger partial charge is 0.471 e. The second-order valence-electron chi connectivity index (χ2n) is 8.42. The molecule has 0 aliphatic rings. The zero-order valence-corrected chi connectivity index (χ0v) is 20.3. The molecule has 3 aromatic carbocycles. The van der Waals surface area contributed by atoms with Crippen LogP contribution in [0.2, 0.25) is 0 Å². The number of aromatic nitrogens is 4. The summed E-state index contributed by atoms with van der Waals surface area (Å²) in [5.41, 5.74) is 5.50. The third-order valence-corrected chi connectivity index (χ3v) is 5.98. The number of benzene rings is 3. The minimum atomic E-state index is -0.246. The van der Waals surface area contributed by atoms with E-state index in [0.717, 1.165) is 29.1 Å². The topological polar surface area (TPSA) is 74.0 Å². The molecule has 0 aliphatic carbocycles. The maximum Gasteiger partial charge on any atom is 0.259 e. The highest BCUT2D eigenvalue weighted by atomic mass is 16.5. The van der Waals surface area contributed by atoms with Gasteiger partial charge in [0.2, 0.25) is 0 Å². The molecule has 0 spiro atoms. The highest BCUT2D eigenvalue weighted by molar-refractivity contribution is 6.09. The summed E-state index contributed by atoms with van der Waals surface area (Å²) in [6.07, 6.45) is 4.34. The van der Waals surface area contributed by atoms with E-state index in [4.69, 9.17) is 9.84 Å². The Balaban J connectivity index is 1.37. The molecular weight excluding hydrogens is 450 g/mol. The Morgan fingerprint density at radius 2 is 1.64 bits per heavy atom. The maximum absolute atomic E-state index is 13.5. The van der Waals surface area contributed by atoms with Gasteiger partial charge < -0.3 is 10.1 Å². The van der Waals surface area contributed by atoms with Crippen LogP contribution in [0, 0.1) is 6.92 Å². The van der Waals surface area contributed by atoms with Gasteiger partial charge in [0.1, 0.15) is 11.4 Å². The molecule has 2 heterocycles. The molecule has 0 atom stereocenters. The number of nitrogens with one attached hydrogen (secondary N) is 1. The Labute approximate surface area is 210 Å². The van der Waals surface area contributed by atoms with Gasteiger partial charge in [-0.1, -0.05) is 67.6 Å². The van der Waals surface area contributed by atoms with Gasteiger partial charge in [0, 0.05) is 5.56 Å². The summed E-state index contributed by atoms with van der Waals surface area (Å²) < 4.78 is 9.26. The van der Waals surface area contributed by atoms with E-state index >= 15 is 0 Å². The number of aryl methyl sites for hydroxylation is 1. The highest BCUT2D eigenvalue weighted by Crippen LogP contribution is 2.28. The second-order valence-corrected chi connectivity index (χ2v) is 8.42. The summed E-state index contributed by atoms with van der Waals surface area (Å²) in [4.78, 5) is 13.5. The fraction of sp³-hybridized carbons (Fsp3) is 0.138. The normalized spacial score (nSPS) is 10.8. The van der Waals surface area contributed by atoms with E-state index in [9.17, 15) is 4.79 Å². The summed E-state index contributed by atoms with van der Waals surface area (Å²) in [5, 5.41) is 12.1. The SMILES string of the molecule is CCc1ccc(OCn2cc(NC(=O)c3c(-c4ccccc4)nn(-c4ccccc4)c3C)cn2)cc1. The molecule has 1 N–H and O–H groups in total. The third kappa shape index (κ3) is 4.90. The van der Waals surface area contributed by atoms with E-state index < -0.39 is 0 Å². The van der Waals surface area contributed by atoms with Gasteiger partial charge >= 0.3 is 0 Å². The molecule has 7 heteroatoms. The predicted octanol–water partition coefficient (Wildman–Crippen LogP) is 5.90. The quantitative estimate of drug-likeness (QED) is 0.302. The summed E-state index contributed by atoms with van der Waals surface area (Å²) >= 11 is 0. The molecule has 0 fully saturated rings. The summed E-state index contributed by atoms with van der Waals surface area (Å²) in [7, 11) is 0. The number of carbonyl (C=O) groups is 1. The van der Waals surface area contributed by atoms with Crippen LogP contribution in [0.4, 0.5) is 5.69 Å². The molecule has 5 aromatic rings. The molecule has 5 rings (SSSR count). The average molecular weight is 478 g/mol. The van der Waals surface area contributed by atoms with Crippen LogP contribution in [0.1, 0.15) is 28.5 Å². The molecule has 0 unspecified atom stereocenters. The fourth-order valence-electron chi connectivity index (χ4n) is 4.05. The van der Waals surface area contributed by atoms with Gasteiger partial charge in [-0.05, 0) is 43.2 Å². The lowest BCUT2D eigenvalue weighted by Gasteiger charge is -2.07. The first kappa shape index (κ1) is 23.1. The number of amides is 1. The van der Waals surface area contributed by atoms with E-state index in [0.29, 0.717) is 16.9 Å². The lowest BCUT2D eigenvalue weighted by molar-refractivity contribution is 0.102. The number of nitrogens with zero attached hydrogens (tertiary/aromatic N) is 4. The molecule has 0 saturated carbocycles. The number of carbonyl (C=O) groups excluding carboxylic acids is 1. The summed E-state index contributed by atoms with van der Waals surface area (Å²) in [6, 6.07) is 27.5. The van der Waals surface area contributed by atoms with Gasteiger partial charge in [-0.3, -0.25) is 4.79 Å². The van der Waals surface area contributed by atoms with E-state index in [1.165, 1.54) is 5.56 Å².